The highest BCUT2D eigenvalue weighted by atomic mass is 35.5. The number of nitrogens with one attached hydrogen (secondary N) is 2. The van der Waals surface area contributed by atoms with E-state index in [4.69, 9.17) is 11.6 Å². The van der Waals surface area contributed by atoms with E-state index >= 15 is 0 Å². The van der Waals surface area contributed by atoms with Crippen molar-refractivity contribution in [1.29, 1.82) is 0 Å². The third-order valence-corrected chi connectivity index (χ3v) is 3.28. The maximum absolute atomic E-state index is 11.4. The summed E-state index contributed by atoms with van der Waals surface area (Å²) in [7, 11) is 0. The number of amides is 1. The lowest BCUT2D eigenvalue weighted by molar-refractivity contribution is -0.115. The van der Waals surface area contributed by atoms with Crippen molar-refractivity contribution in [3.05, 3.63) is 59.1 Å². The monoisotopic (exact) mass is 288 g/mol. The van der Waals surface area contributed by atoms with Crippen LogP contribution in [0.5, 0.6) is 0 Å². The fourth-order valence-electron chi connectivity index (χ4n) is 1.80. The van der Waals surface area contributed by atoms with Crippen molar-refractivity contribution < 1.29 is 4.79 Å². The molecule has 2 aromatic rings. The fourth-order valence-corrected chi connectivity index (χ4v) is 2.00. The predicted molar refractivity (Wildman–Crippen MR) is 84.1 cm³/mol. The summed E-state index contributed by atoms with van der Waals surface area (Å²) < 4.78 is 0. The van der Waals surface area contributed by atoms with Crippen molar-refractivity contribution >= 4 is 28.9 Å². The lowest BCUT2D eigenvalue weighted by Gasteiger charge is -2.10. The number of rotatable bonds is 5. The van der Waals surface area contributed by atoms with Gasteiger partial charge < -0.3 is 10.6 Å². The van der Waals surface area contributed by atoms with Crippen LogP contribution in [0.4, 0.5) is 11.4 Å². The highest BCUT2D eigenvalue weighted by molar-refractivity contribution is 6.31. The van der Waals surface area contributed by atoms with Crippen LogP contribution < -0.4 is 10.6 Å². The van der Waals surface area contributed by atoms with E-state index in [1.165, 1.54) is 0 Å². The first-order chi connectivity index (χ1) is 9.69. The number of hydrogen-bond acceptors (Lipinski definition) is 2. The summed E-state index contributed by atoms with van der Waals surface area (Å²) in [6.07, 6.45) is 0.470. The smallest absolute Gasteiger partial charge is 0.224 e. The van der Waals surface area contributed by atoms with Crippen LogP contribution in [0.1, 0.15) is 18.9 Å². The van der Waals surface area contributed by atoms with Crippen LogP contribution in [0.2, 0.25) is 5.02 Å². The Labute approximate surface area is 124 Å². The highest BCUT2D eigenvalue weighted by Crippen LogP contribution is 2.19. The molecule has 0 aromatic heterocycles. The van der Waals surface area contributed by atoms with Gasteiger partial charge in [-0.15, -0.1) is 0 Å². The second-order valence-electron chi connectivity index (χ2n) is 4.43. The normalized spacial score (nSPS) is 10.1. The van der Waals surface area contributed by atoms with Gasteiger partial charge in [0.1, 0.15) is 0 Å². The fraction of sp³-hybridized carbons (Fsp3) is 0.188. The summed E-state index contributed by atoms with van der Waals surface area (Å²) in [4.78, 5) is 11.4. The van der Waals surface area contributed by atoms with Crippen LogP contribution in [-0.4, -0.2) is 5.91 Å². The van der Waals surface area contributed by atoms with E-state index in [9.17, 15) is 4.79 Å². The summed E-state index contributed by atoms with van der Waals surface area (Å²) >= 11 is 6.11. The van der Waals surface area contributed by atoms with Crippen LogP contribution in [-0.2, 0) is 11.3 Å². The maximum Gasteiger partial charge on any atom is 0.224 e. The van der Waals surface area contributed by atoms with E-state index in [0.29, 0.717) is 13.0 Å². The quantitative estimate of drug-likeness (QED) is 0.861. The topological polar surface area (TPSA) is 41.1 Å². The van der Waals surface area contributed by atoms with Crippen LogP contribution >= 0.6 is 11.6 Å². The number of carbonyl (C=O) groups is 1. The van der Waals surface area contributed by atoms with Crippen molar-refractivity contribution in [2.45, 2.75) is 19.9 Å². The standard InChI is InChI=1S/C16H17ClN2O/c1-2-16(20)19-14-8-5-7-13(10-14)18-11-12-6-3-4-9-15(12)17/h3-10,18H,2,11H2,1H3,(H,19,20). The average molecular weight is 289 g/mol. The Morgan fingerprint density at radius 1 is 1.10 bits per heavy atom. The van der Waals surface area contributed by atoms with Crippen molar-refractivity contribution in [3.8, 4) is 0 Å². The number of halogens is 1. The van der Waals surface area contributed by atoms with E-state index < -0.39 is 0 Å². The Morgan fingerprint density at radius 2 is 1.85 bits per heavy atom. The molecule has 0 radical (unpaired) electrons. The van der Waals surface area contributed by atoms with E-state index in [1.807, 2.05) is 55.5 Å². The highest BCUT2D eigenvalue weighted by Gasteiger charge is 2.01. The number of anilines is 2. The van der Waals surface area contributed by atoms with Gasteiger partial charge >= 0.3 is 0 Å². The van der Waals surface area contributed by atoms with Gasteiger partial charge in [-0.2, -0.15) is 0 Å². The zero-order chi connectivity index (χ0) is 14.4. The second-order valence-corrected chi connectivity index (χ2v) is 4.83. The second kappa shape index (κ2) is 6.96. The molecule has 1 amide bonds. The van der Waals surface area contributed by atoms with Gasteiger partial charge in [-0.25, -0.2) is 0 Å². The van der Waals surface area contributed by atoms with Crippen LogP contribution in [0.3, 0.4) is 0 Å². The Balaban J connectivity index is 2.01. The first kappa shape index (κ1) is 14.4. The average Bonchev–Trinajstić information content (AvgIpc) is 2.47. The third kappa shape index (κ3) is 4.00. The Bertz CT molecular complexity index is 599. The van der Waals surface area contributed by atoms with Gasteiger partial charge in [0.25, 0.3) is 0 Å². The molecule has 104 valence electrons. The molecule has 2 rings (SSSR count). The maximum atomic E-state index is 11.4. The Hall–Kier alpha value is -2.00. The van der Waals surface area contributed by atoms with Crippen molar-refractivity contribution in [1.82, 2.24) is 0 Å². The Kier molecular flexibility index (Phi) is 5.02. The molecular weight excluding hydrogens is 272 g/mol. The molecule has 0 aliphatic rings. The molecule has 0 saturated heterocycles. The molecule has 20 heavy (non-hydrogen) atoms. The minimum atomic E-state index is 0.00764. The SMILES string of the molecule is CCC(=O)Nc1cccc(NCc2ccccc2Cl)c1. The first-order valence-electron chi connectivity index (χ1n) is 6.56. The van der Waals surface area contributed by atoms with Gasteiger partial charge in [0.2, 0.25) is 5.91 Å². The first-order valence-corrected chi connectivity index (χ1v) is 6.94. The van der Waals surface area contributed by atoms with Gasteiger partial charge in [0, 0.05) is 29.4 Å². The van der Waals surface area contributed by atoms with Gasteiger partial charge in [0.05, 0.1) is 0 Å². The van der Waals surface area contributed by atoms with Gasteiger partial charge in [0.15, 0.2) is 0 Å². The molecule has 0 fully saturated rings. The lowest BCUT2D eigenvalue weighted by Crippen LogP contribution is -2.09. The van der Waals surface area contributed by atoms with Crippen molar-refractivity contribution in [3.63, 3.8) is 0 Å². The number of hydrogen-bond donors (Lipinski definition) is 2. The van der Waals surface area contributed by atoms with Gasteiger partial charge in [-0.3, -0.25) is 4.79 Å². The zero-order valence-electron chi connectivity index (χ0n) is 11.3. The molecule has 0 spiro atoms. The Morgan fingerprint density at radius 3 is 2.60 bits per heavy atom. The minimum Gasteiger partial charge on any atom is -0.381 e. The summed E-state index contributed by atoms with van der Waals surface area (Å²) in [5.74, 6) is 0.00764. The number of carbonyl (C=O) groups excluding carboxylic acids is 1. The molecule has 0 aliphatic heterocycles. The molecule has 0 atom stereocenters. The molecule has 2 N–H and O–H groups in total. The molecule has 4 heteroatoms. The summed E-state index contributed by atoms with van der Waals surface area (Å²) in [6.45, 7) is 2.47. The van der Waals surface area contributed by atoms with Crippen LogP contribution in [0.25, 0.3) is 0 Å². The van der Waals surface area contributed by atoms with Gasteiger partial charge in [-0.1, -0.05) is 42.8 Å². The van der Waals surface area contributed by atoms with E-state index in [-0.39, 0.29) is 5.91 Å². The largest absolute Gasteiger partial charge is 0.381 e. The molecule has 0 saturated carbocycles. The van der Waals surface area contributed by atoms with E-state index in [2.05, 4.69) is 10.6 Å². The van der Waals surface area contributed by atoms with Crippen molar-refractivity contribution in [2.75, 3.05) is 10.6 Å². The minimum absolute atomic E-state index is 0.00764. The molecule has 0 heterocycles. The molecule has 0 bridgehead atoms. The summed E-state index contributed by atoms with van der Waals surface area (Å²) in [5.41, 5.74) is 2.77. The lowest BCUT2D eigenvalue weighted by atomic mass is 10.2. The molecular formula is C16H17ClN2O. The van der Waals surface area contributed by atoms with Crippen LogP contribution in [0, 0.1) is 0 Å². The third-order valence-electron chi connectivity index (χ3n) is 2.91. The molecule has 0 unspecified atom stereocenters. The van der Waals surface area contributed by atoms with Gasteiger partial charge in [-0.05, 0) is 29.8 Å². The molecule has 3 nitrogen and oxygen atoms in total. The summed E-state index contributed by atoms with van der Waals surface area (Å²) in [6, 6.07) is 15.4. The predicted octanol–water partition coefficient (Wildman–Crippen LogP) is 4.30. The van der Waals surface area contributed by atoms with E-state index in [0.717, 1.165) is 22.0 Å². The van der Waals surface area contributed by atoms with E-state index in [1.54, 1.807) is 0 Å². The van der Waals surface area contributed by atoms with Crippen molar-refractivity contribution in [2.24, 2.45) is 0 Å². The van der Waals surface area contributed by atoms with Crippen LogP contribution in [0.15, 0.2) is 48.5 Å². The molecule has 2 aromatic carbocycles. The summed E-state index contributed by atoms with van der Waals surface area (Å²) in [5, 5.41) is 6.88. The number of benzene rings is 2. The zero-order valence-corrected chi connectivity index (χ0v) is 12.1. The molecule has 0 aliphatic carbocycles.